The van der Waals surface area contributed by atoms with Crippen LogP contribution in [0.25, 0.3) is 0 Å². The molecule has 1 aliphatic heterocycles. The van der Waals surface area contributed by atoms with E-state index in [-0.39, 0.29) is 26.9 Å². The average molecular weight is 466 g/mol. The standard InChI is InChI=1S/C24H33ClNO4P/c1-31(2)26-10-3-11-29-21-7-4-17(5-8-21)12-19-13-18(6-9-23(19)25)24-15-20(28)14-22(16-27)30-24/h4-9,13,20,22,24,26-28H,3,10-12,14-16H2,1-2H3. The van der Waals surface area contributed by atoms with Crippen LogP contribution in [-0.4, -0.2) is 55.5 Å². The van der Waals surface area contributed by atoms with Crippen molar-refractivity contribution >= 4 is 19.7 Å². The Morgan fingerprint density at radius 1 is 1.16 bits per heavy atom. The van der Waals surface area contributed by atoms with Gasteiger partial charge < -0.3 is 19.7 Å². The van der Waals surface area contributed by atoms with Gasteiger partial charge in [-0.25, -0.2) is 0 Å². The zero-order valence-electron chi connectivity index (χ0n) is 18.3. The molecule has 7 heteroatoms. The van der Waals surface area contributed by atoms with Gasteiger partial charge in [-0.2, -0.15) is 0 Å². The van der Waals surface area contributed by atoms with Crippen molar-refractivity contribution in [2.24, 2.45) is 0 Å². The van der Waals surface area contributed by atoms with Gasteiger partial charge in [-0.3, -0.25) is 5.09 Å². The minimum atomic E-state index is -0.468. The van der Waals surface area contributed by atoms with Crippen LogP contribution in [0.5, 0.6) is 5.75 Å². The summed E-state index contributed by atoms with van der Waals surface area (Å²) in [5.74, 6) is 0.874. The number of aliphatic hydroxyl groups is 2. The summed E-state index contributed by atoms with van der Waals surface area (Å²) in [6.07, 6.45) is 1.64. The van der Waals surface area contributed by atoms with Crippen LogP contribution in [0, 0.1) is 0 Å². The Kier molecular flexibility index (Phi) is 9.58. The molecule has 0 radical (unpaired) electrons. The third-order valence-electron chi connectivity index (χ3n) is 5.36. The molecule has 1 fully saturated rings. The van der Waals surface area contributed by atoms with Crippen molar-refractivity contribution in [1.82, 2.24) is 5.09 Å². The summed E-state index contributed by atoms with van der Waals surface area (Å²) in [7, 11) is -0.0631. The van der Waals surface area contributed by atoms with Gasteiger partial charge in [0, 0.05) is 24.4 Å². The molecule has 3 rings (SSSR count). The van der Waals surface area contributed by atoms with Crippen LogP contribution in [0.2, 0.25) is 5.02 Å². The van der Waals surface area contributed by atoms with Crippen molar-refractivity contribution in [2.75, 3.05) is 33.1 Å². The van der Waals surface area contributed by atoms with Crippen molar-refractivity contribution in [2.45, 2.75) is 44.0 Å². The minimum absolute atomic E-state index is 0.0631. The molecule has 1 heterocycles. The van der Waals surface area contributed by atoms with Crippen molar-refractivity contribution in [1.29, 1.82) is 0 Å². The highest BCUT2D eigenvalue weighted by Crippen LogP contribution is 2.33. The summed E-state index contributed by atoms with van der Waals surface area (Å²) < 4.78 is 11.8. The normalized spacial score (nSPS) is 21.4. The average Bonchev–Trinajstić information content (AvgIpc) is 2.75. The smallest absolute Gasteiger partial charge is 0.119 e. The van der Waals surface area contributed by atoms with E-state index in [0.29, 0.717) is 30.9 Å². The van der Waals surface area contributed by atoms with Crippen molar-refractivity contribution in [3.05, 3.63) is 64.2 Å². The second kappa shape index (κ2) is 12.2. The van der Waals surface area contributed by atoms with Crippen LogP contribution in [0.3, 0.4) is 0 Å². The first-order valence-corrected chi connectivity index (χ1v) is 13.4. The van der Waals surface area contributed by atoms with Crippen LogP contribution in [0.1, 0.15) is 42.1 Å². The molecule has 3 unspecified atom stereocenters. The molecular formula is C24H33ClNO4P. The van der Waals surface area contributed by atoms with E-state index in [4.69, 9.17) is 21.1 Å². The summed E-state index contributed by atoms with van der Waals surface area (Å²) >= 11 is 6.46. The van der Waals surface area contributed by atoms with Gasteiger partial charge in [-0.05, 0) is 69.1 Å². The second-order valence-electron chi connectivity index (χ2n) is 8.23. The zero-order valence-corrected chi connectivity index (χ0v) is 19.9. The molecule has 170 valence electrons. The molecule has 31 heavy (non-hydrogen) atoms. The lowest BCUT2D eigenvalue weighted by atomic mass is 9.94. The summed E-state index contributed by atoms with van der Waals surface area (Å²) in [5.41, 5.74) is 3.14. The second-order valence-corrected chi connectivity index (χ2v) is 10.7. The van der Waals surface area contributed by atoms with Crippen molar-refractivity contribution < 1.29 is 19.7 Å². The number of nitrogens with one attached hydrogen (secondary N) is 1. The van der Waals surface area contributed by atoms with E-state index in [9.17, 15) is 10.2 Å². The molecule has 0 aromatic heterocycles. The maximum absolute atomic E-state index is 10.1. The predicted molar refractivity (Wildman–Crippen MR) is 128 cm³/mol. The highest BCUT2D eigenvalue weighted by atomic mass is 35.5. The van der Waals surface area contributed by atoms with E-state index in [2.05, 4.69) is 30.5 Å². The first kappa shape index (κ1) is 24.4. The highest BCUT2D eigenvalue weighted by Gasteiger charge is 2.29. The van der Waals surface area contributed by atoms with E-state index >= 15 is 0 Å². The van der Waals surface area contributed by atoms with Gasteiger partial charge in [0.1, 0.15) is 5.75 Å². The van der Waals surface area contributed by atoms with E-state index < -0.39 is 6.10 Å². The van der Waals surface area contributed by atoms with Gasteiger partial charge in [0.15, 0.2) is 0 Å². The lowest BCUT2D eigenvalue weighted by Crippen LogP contribution is -2.33. The number of ether oxygens (including phenoxy) is 2. The molecule has 0 saturated carbocycles. The monoisotopic (exact) mass is 465 g/mol. The van der Waals surface area contributed by atoms with E-state index in [0.717, 1.165) is 35.4 Å². The lowest BCUT2D eigenvalue weighted by Gasteiger charge is -2.32. The molecule has 5 nitrogen and oxygen atoms in total. The highest BCUT2D eigenvalue weighted by molar-refractivity contribution is 7.53. The Hall–Kier alpha value is -1.20. The molecule has 0 bridgehead atoms. The summed E-state index contributed by atoms with van der Waals surface area (Å²) in [5, 5.41) is 23.7. The topological polar surface area (TPSA) is 71.0 Å². The van der Waals surface area contributed by atoms with Crippen LogP contribution >= 0.6 is 19.7 Å². The zero-order chi connectivity index (χ0) is 22.2. The van der Waals surface area contributed by atoms with Gasteiger partial charge in [-0.1, -0.05) is 35.9 Å². The third-order valence-corrected chi connectivity index (χ3v) is 6.58. The molecule has 0 spiro atoms. The minimum Gasteiger partial charge on any atom is -0.494 e. The Morgan fingerprint density at radius 2 is 1.94 bits per heavy atom. The number of halogens is 1. The molecular weight excluding hydrogens is 433 g/mol. The van der Waals surface area contributed by atoms with Crippen molar-refractivity contribution in [3.8, 4) is 5.75 Å². The molecule has 0 aliphatic carbocycles. The molecule has 2 aromatic carbocycles. The largest absolute Gasteiger partial charge is 0.494 e. The predicted octanol–water partition coefficient (Wildman–Crippen LogP) is 4.52. The Balaban J connectivity index is 1.59. The Bertz CT molecular complexity index is 818. The summed E-state index contributed by atoms with van der Waals surface area (Å²) in [6, 6.07) is 14.0. The number of rotatable bonds is 10. The Labute approximate surface area is 191 Å². The number of hydrogen-bond donors (Lipinski definition) is 3. The fourth-order valence-corrected chi connectivity index (χ4v) is 4.53. The van der Waals surface area contributed by atoms with Gasteiger partial charge in [0.2, 0.25) is 0 Å². The van der Waals surface area contributed by atoms with Crippen LogP contribution in [0.15, 0.2) is 42.5 Å². The molecule has 2 aromatic rings. The first-order valence-electron chi connectivity index (χ1n) is 10.8. The van der Waals surface area contributed by atoms with Crippen LogP contribution < -0.4 is 9.82 Å². The van der Waals surface area contributed by atoms with Gasteiger partial charge >= 0.3 is 0 Å². The van der Waals surface area contributed by atoms with E-state index in [1.54, 1.807) is 0 Å². The molecule has 3 atom stereocenters. The number of hydrogen-bond acceptors (Lipinski definition) is 5. The summed E-state index contributed by atoms with van der Waals surface area (Å²) in [4.78, 5) is 0. The Morgan fingerprint density at radius 3 is 2.65 bits per heavy atom. The fraction of sp³-hybridized carbons (Fsp3) is 0.500. The van der Waals surface area contributed by atoms with Gasteiger partial charge in [0.05, 0.1) is 31.5 Å². The molecule has 1 saturated heterocycles. The number of benzene rings is 2. The molecule has 1 aliphatic rings. The molecule has 3 N–H and O–H groups in total. The first-order chi connectivity index (χ1) is 14.9. The van der Waals surface area contributed by atoms with Gasteiger partial charge in [0.25, 0.3) is 0 Å². The van der Waals surface area contributed by atoms with Crippen molar-refractivity contribution in [3.63, 3.8) is 0 Å². The van der Waals surface area contributed by atoms with E-state index in [1.807, 2.05) is 30.3 Å². The quantitative estimate of drug-likeness (QED) is 0.355. The lowest BCUT2D eigenvalue weighted by molar-refractivity contribution is -0.113. The maximum atomic E-state index is 10.1. The number of aliphatic hydroxyl groups excluding tert-OH is 2. The molecule has 0 amide bonds. The maximum Gasteiger partial charge on any atom is 0.119 e. The van der Waals surface area contributed by atoms with Crippen LogP contribution in [0.4, 0.5) is 0 Å². The SMILES string of the molecule is CP(C)NCCCOc1ccc(Cc2cc(C3CC(O)CC(CO)O3)ccc2Cl)cc1. The van der Waals surface area contributed by atoms with Crippen LogP contribution in [-0.2, 0) is 11.2 Å². The summed E-state index contributed by atoms with van der Waals surface area (Å²) in [6.45, 7) is 6.00. The fourth-order valence-electron chi connectivity index (χ4n) is 3.74. The van der Waals surface area contributed by atoms with E-state index in [1.165, 1.54) is 0 Å². The third kappa shape index (κ3) is 7.71. The van der Waals surface area contributed by atoms with Gasteiger partial charge in [-0.15, -0.1) is 0 Å².